The predicted molar refractivity (Wildman–Crippen MR) is 80.7 cm³/mol. The summed E-state index contributed by atoms with van der Waals surface area (Å²) in [7, 11) is 0. The fourth-order valence-corrected chi connectivity index (χ4v) is 3.03. The van der Waals surface area contributed by atoms with E-state index in [1.807, 2.05) is 0 Å². The molecule has 0 aromatic carbocycles. The molecular formula is C14H28O6S. The molecule has 5 atom stereocenters. The van der Waals surface area contributed by atoms with Crippen LogP contribution >= 0.6 is 12.0 Å². The predicted octanol–water partition coefficient (Wildman–Crippen LogP) is 0.812. The van der Waals surface area contributed by atoms with Gasteiger partial charge >= 0.3 is 0 Å². The minimum Gasteiger partial charge on any atom is -0.394 e. The Labute approximate surface area is 130 Å². The van der Waals surface area contributed by atoms with Gasteiger partial charge in [0.15, 0.2) is 12.4 Å². The molecule has 0 aromatic heterocycles. The summed E-state index contributed by atoms with van der Waals surface area (Å²) in [5.74, 6) is 0.765. The molecule has 1 unspecified atom stereocenters. The zero-order chi connectivity index (χ0) is 15.7. The van der Waals surface area contributed by atoms with Gasteiger partial charge in [0.1, 0.15) is 18.3 Å². The first kappa shape index (κ1) is 19.2. The van der Waals surface area contributed by atoms with Crippen molar-refractivity contribution < 1.29 is 29.3 Å². The van der Waals surface area contributed by atoms with Crippen LogP contribution in [0.1, 0.15) is 45.4 Å². The molecular weight excluding hydrogens is 296 g/mol. The monoisotopic (exact) mass is 324 g/mol. The lowest BCUT2D eigenvalue weighted by molar-refractivity contribution is -0.278. The number of hydrogen-bond acceptors (Lipinski definition) is 7. The van der Waals surface area contributed by atoms with E-state index in [-0.39, 0.29) is 0 Å². The van der Waals surface area contributed by atoms with Gasteiger partial charge in [-0.25, -0.2) is 0 Å². The molecule has 0 amide bonds. The van der Waals surface area contributed by atoms with Crippen LogP contribution in [0.2, 0.25) is 0 Å². The lowest BCUT2D eigenvalue weighted by Gasteiger charge is -2.39. The smallest absolute Gasteiger partial charge is 0.185 e. The second-order valence-corrected chi connectivity index (χ2v) is 6.22. The van der Waals surface area contributed by atoms with Gasteiger partial charge in [-0.3, -0.25) is 0 Å². The quantitative estimate of drug-likeness (QED) is 0.349. The van der Waals surface area contributed by atoms with Crippen molar-refractivity contribution >= 4 is 12.0 Å². The summed E-state index contributed by atoms with van der Waals surface area (Å²) in [5.41, 5.74) is 0. The summed E-state index contributed by atoms with van der Waals surface area (Å²) >= 11 is 1.17. The highest BCUT2D eigenvalue weighted by atomic mass is 32.2. The lowest BCUT2D eigenvalue weighted by Crippen LogP contribution is -2.58. The summed E-state index contributed by atoms with van der Waals surface area (Å²) in [4.78, 5) is 0. The van der Waals surface area contributed by atoms with Gasteiger partial charge in [0.25, 0.3) is 0 Å². The van der Waals surface area contributed by atoms with Crippen LogP contribution in [-0.4, -0.2) is 63.5 Å². The second kappa shape index (κ2) is 10.8. The Balaban J connectivity index is 2.16. The molecule has 1 aliphatic rings. The zero-order valence-corrected chi connectivity index (χ0v) is 13.4. The normalized spacial score (nSPS) is 33.3. The van der Waals surface area contributed by atoms with Crippen molar-refractivity contribution in [1.29, 1.82) is 0 Å². The highest BCUT2D eigenvalue weighted by Crippen LogP contribution is 2.25. The van der Waals surface area contributed by atoms with Crippen LogP contribution in [-0.2, 0) is 8.92 Å². The molecule has 126 valence electrons. The Morgan fingerprint density at radius 1 is 1.00 bits per heavy atom. The van der Waals surface area contributed by atoms with Crippen LogP contribution in [0.15, 0.2) is 0 Å². The fraction of sp³-hybridized carbons (Fsp3) is 1.00. The Kier molecular flexibility index (Phi) is 9.83. The SMILES string of the molecule is CCCCCCCCSO[C@H]1C(O)O[C@H](CO)[C@@H](O)[C@@H]1O. The van der Waals surface area contributed by atoms with Crippen LogP contribution < -0.4 is 0 Å². The molecule has 1 saturated heterocycles. The Bertz CT molecular complexity index is 268. The molecule has 4 N–H and O–H groups in total. The van der Waals surface area contributed by atoms with E-state index in [1.165, 1.54) is 37.7 Å². The maximum absolute atomic E-state index is 9.87. The number of rotatable bonds is 10. The minimum absolute atomic E-state index is 0.465. The Morgan fingerprint density at radius 2 is 1.67 bits per heavy atom. The summed E-state index contributed by atoms with van der Waals surface area (Å²) in [6.07, 6.45) is 1.23. The van der Waals surface area contributed by atoms with Crippen LogP contribution in [0.3, 0.4) is 0 Å². The molecule has 1 rings (SSSR count). The van der Waals surface area contributed by atoms with Gasteiger partial charge in [-0.1, -0.05) is 39.0 Å². The highest BCUT2D eigenvalue weighted by Gasteiger charge is 2.44. The van der Waals surface area contributed by atoms with E-state index in [0.29, 0.717) is 0 Å². The van der Waals surface area contributed by atoms with Crippen LogP contribution in [0.4, 0.5) is 0 Å². The molecule has 21 heavy (non-hydrogen) atoms. The molecule has 0 spiro atoms. The number of aliphatic hydroxyl groups is 4. The molecule has 0 radical (unpaired) electrons. The molecule has 0 aliphatic carbocycles. The third-order valence-corrected chi connectivity index (χ3v) is 4.42. The van der Waals surface area contributed by atoms with Crippen LogP contribution in [0.5, 0.6) is 0 Å². The fourth-order valence-electron chi connectivity index (χ4n) is 2.24. The van der Waals surface area contributed by atoms with E-state index >= 15 is 0 Å². The first-order valence-corrected chi connectivity index (χ1v) is 8.61. The zero-order valence-electron chi connectivity index (χ0n) is 12.6. The van der Waals surface area contributed by atoms with Crippen LogP contribution in [0, 0.1) is 0 Å². The van der Waals surface area contributed by atoms with Gasteiger partial charge < -0.3 is 29.3 Å². The minimum atomic E-state index is -1.35. The summed E-state index contributed by atoms with van der Waals surface area (Å²) in [6, 6.07) is 0. The van der Waals surface area contributed by atoms with E-state index in [4.69, 9.17) is 14.0 Å². The van der Waals surface area contributed by atoms with Crippen molar-refractivity contribution in [3.05, 3.63) is 0 Å². The first-order chi connectivity index (χ1) is 10.1. The standard InChI is InChI=1S/C14H28O6S/c1-2-3-4-5-6-7-8-21-20-13-12(17)11(16)10(9-15)19-14(13)18/h10-18H,2-9H2,1H3/t10-,11-,12+,13-,14?/m1/s1. The molecule has 1 aliphatic heterocycles. The van der Waals surface area contributed by atoms with E-state index < -0.39 is 37.3 Å². The van der Waals surface area contributed by atoms with Crippen molar-refractivity contribution in [1.82, 2.24) is 0 Å². The van der Waals surface area contributed by atoms with Gasteiger partial charge in [0.05, 0.1) is 6.61 Å². The van der Waals surface area contributed by atoms with Gasteiger partial charge in [-0.15, -0.1) is 0 Å². The summed E-state index contributed by atoms with van der Waals surface area (Å²) in [6.45, 7) is 1.72. The molecule has 1 fully saturated rings. The maximum Gasteiger partial charge on any atom is 0.185 e. The third kappa shape index (κ3) is 6.40. The van der Waals surface area contributed by atoms with Gasteiger partial charge in [0, 0.05) is 5.75 Å². The van der Waals surface area contributed by atoms with E-state index in [1.54, 1.807) is 0 Å². The number of hydrogen-bond donors (Lipinski definition) is 4. The molecule has 6 nitrogen and oxygen atoms in total. The molecule has 7 heteroatoms. The maximum atomic E-state index is 9.87. The van der Waals surface area contributed by atoms with Crippen LogP contribution in [0.25, 0.3) is 0 Å². The Hall–Kier alpha value is 0.110. The highest BCUT2D eigenvalue weighted by molar-refractivity contribution is 7.94. The molecule has 0 saturated carbocycles. The third-order valence-electron chi connectivity index (χ3n) is 3.60. The van der Waals surface area contributed by atoms with Crippen molar-refractivity contribution in [3.63, 3.8) is 0 Å². The topological polar surface area (TPSA) is 99.4 Å². The Morgan fingerprint density at radius 3 is 2.33 bits per heavy atom. The van der Waals surface area contributed by atoms with Crippen molar-refractivity contribution in [2.45, 2.75) is 76.2 Å². The number of aliphatic hydroxyl groups excluding tert-OH is 4. The lowest BCUT2D eigenvalue weighted by atomic mass is 9.99. The number of unbranched alkanes of at least 4 members (excludes halogenated alkanes) is 5. The van der Waals surface area contributed by atoms with Crippen molar-refractivity contribution in [2.75, 3.05) is 12.4 Å². The largest absolute Gasteiger partial charge is 0.394 e. The van der Waals surface area contributed by atoms with E-state index in [0.717, 1.165) is 18.6 Å². The van der Waals surface area contributed by atoms with Crippen molar-refractivity contribution in [2.24, 2.45) is 0 Å². The second-order valence-electron chi connectivity index (χ2n) is 5.38. The molecule has 1 heterocycles. The van der Waals surface area contributed by atoms with Gasteiger partial charge in [0.2, 0.25) is 0 Å². The summed E-state index contributed by atoms with van der Waals surface area (Å²) < 4.78 is 10.4. The average Bonchev–Trinajstić information content (AvgIpc) is 2.48. The van der Waals surface area contributed by atoms with Gasteiger partial charge in [-0.05, 0) is 18.5 Å². The van der Waals surface area contributed by atoms with E-state index in [2.05, 4.69) is 6.92 Å². The molecule has 0 bridgehead atoms. The molecule has 0 aromatic rings. The van der Waals surface area contributed by atoms with Crippen molar-refractivity contribution in [3.8, 4) is 0 Å². The van der Waals surface area contributed by atoms with Gasteiger partial charge in [-0.2, -0.15) is 0 Å². The summed E-state index contributed by atoms with van der Waals surface area (Å²) in [5, 5.41) is 38.3. The van der Waals surface area contributed by atoms with E-state index in [9.17, 15) is 15.3 Å². The first-order valence-electron chi connectivity index (χ1n) is 7.70. The number of ether oxygens (including phenoxy) is 1. The average molecular weight is 324 g/mol.